The first-order valence-electron chi connectivity index (χ1n) is 5.46. The molecule has 0 aromatic carbocycles. The maximum atomic E-state index is 9.58. The molecule has 2 N–H and O–H groups in total. The van der Waals surface area contributed by atoms with E-state index in [1.807, 2.05) is 0 Å². The molecule has 0 spiro atoms. The zero-order valence-corrected chi connectivity index (χ0v) is 8.94. The highest BCUT2D eigenvalue weighted by Crippen LogP contribution is 2.18. The molecule has 2 atom stereocenters. The van der Waals surface area contributed by atoms with Crippen molar-refractivity contribution in [3.05, 3.63) is 11.7 Å². The van der Waals surface area contributed by atoms with Crippen LogP contribution in [0.4, 0.5) is 0 Å². The third-order valence-corrected chi connectivity index (χ3v) is 2.79. The van der Waals surface area contributed by atoms with Crippen molar-refractivity contribution in [2.24, 2.45) is 0 Å². The number of hydrogen-bond donors (Lipinski definition) is 2. The summed E-state index contributed by atoms with van der Waals surface area (Å²) in [5, 5.41) is 16.6. The largest absolute Gasteiger partial charge is 0.392 e. The van der Waals surface area contributed by atoms with Crippen molar-refractivity contribution in [2.75, 3.05) is 6.54 Å². The van der Waals surface area contributed by atoms with Gasteiger partial charge in [-0.2, -0.15) is 4.98 Å². The number of hydrogen-bond acceptors (Lipinski definition) is 5. The van der Waals surface area contributed by atoms with E-state index in [4.69, 9.17) is 4.52 Å². The summed E-state index contributed by atoms with van der Waals surface area (Å²) in [6, 6.07) is 0.244. The molecule has 15 heavy (non-hydrogen) atoms. The van der Waals surface area contributed by atoms with Crippen LogP contribution in [0.3, 0.4) is 0 Å². The average Bonchev–Trinajstić information content (AvgIpc) is 2.77. The van der Waals surface area contributed by atoms with Gasteiger partial charge < -0.3 is 14.9 Å². The Balaban J connectivity index is 1.70. The lowest BCUT2D eigenvalue weighted by Gasteiger charge is -2.15. The summed E-state index contributed by atoms with van der Waals surface area (Å²) in [6.07, 6.45) is 3.62. The Hall–Kier alpha value is -0.940. The predicted octanol–water partition coefficient (Wildman–Crippen LogP) is 0.424. The first-order chi connectivity index (χ1) is 7.25. The van der Waals surface area contributed by atoms with Gasteiger partial charge in [-0.15, -0.1) is 0 Å². The van der Waals surface area contributed by atoms with Crippen LogP contribution in [0.2, 0.25) is 0 Å². The third kappa shape index (κ3) is 2.76. The highest BCUT2D eigenvalue weighted by molar-refractivity contribution is 4.86. The van der Waals surface area contributed by atoms with E-state index in [-0.39, 0.29) is 12.1 Å². The van der Waals surface area contributed by atoms with Crippen LogP contribution in [-0.2, 0) is 6.42 Å². The van der Waals surface area contributed by atoms with Crippen LogP contribution < -0.4 is 5.32 Å². The second-order valence-corrected chi connectivity index (χ2v) is 4.04. The fourth-order valence-electron chi connectivity index (χ4n) is 1.98. The molecule has 1 saturated carbocycles. The van der Waals surface area contributed by atoms with Crippen LogP contribution in [0.25, 0.3) is 0 Å². The summed E-state index contributed by atoms with van der Waals surface area (Å²) >= 11 is 0. The summed E-state index contributed by atoms with van der Waals surface area (Å²) in [7, 11) is 0. The zero-order chi connectivity index (χ0) is 10.7. The molecule has 0 saturated heterocycles. The van der Waals surface area contributed by atoms with E-state index in [1.54, 1.807) is 6.92 Å². The van der Waals surface area contributed by atoms with Gasteiger partial charge in [0, 0.05) is 19.0 Å². The quantitative estimate of drug-likeness (QED) is 0.755. The molecule has 1 aromatic rings. The molecule has 0 amide bonds. The van der Waals surface area contributed by atoms with E-state index in [0.717, 1.165) is 32.2 Å². The van der Waals surface area contributed by atoms with Crippen molar-refractivity contribution in [3.8, 4) is 0 Å². The smallest absolute Gasteiger partial charge is 0.227 e. The summed E-state index contributed by atoms with van der Waals surface area (Å²) in [4.78, 5) is 4.11. The van der Waals surface area contributed by atoms with Crippen molar-refractivity contribution in [3.63, 3.8) is 0 Å². The van der Waals surface area contributed by atoms with Crippen molar-refractivity contribution in [2.45, 2.75) is 44.8 Å². The molecule has 1 aliphatic rings. The fraction of sp³-hybridized carbons (Fsp3) is 0.800. The van der Waals surface area contributed by atoms with Crippen molar-refractivity contribution in [1.29, 1.82) is 0 Å². The molecule has 0 unspecified atom stereocenters. The van der Waals surface area contributed by atoms with Crippen molar-refractivity contribution < 1.29 is 9.63 Å². The molecule has 1 aromatic heterocycles. The van der Waals surface area contributed by atoms with Gasteiger partial charge in [0.2, 0.25) is 5.89 Å². The minimum absolute atomic E-state index is 0.186. The molecule has 0 bridgehead atoms. The SMILES string of the molecule is Cc1noc(CCN[C@@H]2CCC[C@H]2O)n1. The monoisotopic (exact) mass is 211 g/mol. The molecule has 5 heteroatoms. The summed E-state index contributed by atoms with van der Waals surface area (Å²) in [5.41, 5.74) is 0. The Morgan fingerprint density at radius 3 is 3.00 bits per heavy atom. The topological polar surface area (TPSA) is 71.2 Å². The van der Waals surface area contributed by atoms with E-state index in [9.17, 15) is 5.11 Å². The first kappa shape index (κ1) is 10.6. The van der Waals surface area contributed by atoms with Gasteiger partial charge in [0.25, 0.3) is 0 Å². The van der Waals surface area contributed by atoms with Crippen LogP contribution in [0.15, 0.2) is 4.52 Å². The molecule has 1 fully saturated rings. The lowest BCUT2D eigenvalue weighted by Crippen LogP contribution is -2.36. The Morgan fingerprint density at radius 1 is 1.53 bits per heavy atom. The summed E-state index contributed by atoms with van der Waals surface area (Å²) < 4.78 is 4.99. The van der Waals surface area contributed by atoms with Crippen LogP contribution in [0.5, 0.6) is 0 Å². The van der Waals surface area contributed by atoms with Gasteiger partial charge in [-0.1, -0.05) is 5.16 Å². The van der Waals surface area contributed by atoms with Gasteiger partial charge in [-0.25, -0.2) is 0 Å². The lowest BCUT2D eigenvalue weighted by molar-refractivity contribution is 0.149. The number of aliphatic hydroxyl groups excluding tert-OH is 1. The normalized spacial score (nSPS) is 26.0. The van der Waals surface area contributed by atoms with Gasteiger partial charge >= 0.3 is 0 Å². The summed E-state index contributed by atoms with van der Waals surface area (Å²) in [6.45, 7) is 2.59. The lowest BCUT2D eigenvalue weighted by atomic mass is 10.2. The molecular weight excluding hydrogens is 194 g/mol. The average molecular weight is 211 g/mol. The minimum Gasteiger partial charge on any atom is -0.392 e. The van der Waals surface area contributed by atoms with Crippen molar-refractivity contribution in [1.82, 2.24) is 15.5 Å². The van der Waals surface area contributed by atoms with Crippen LogP contribution in [0, 0.1) is 6.92 Å². The Labute approximate surface area is 88.9 Å². The van der Waals surface area contributed by atoms with Gasteiger partial charge in [0.05, 0.1) is 6.10 Å². The van der Waals surface area contributed by atoms with Gasteiger partial charge in [-0.3, -0.25) is 0 Å². The molecule has 1 heterocycles. The van der Waals surface area contributed by atoms with Gasteiger partial charge in [0.1, 0.15) is 0 Å². The van der Waals surface area contributed by atoms with Crippen LogP contribution in [0.1, 0.15) is 31.0 Å². The molecule has 1 aliphatic carbocycles. The highest BCUT2D eigenvalue weighted by Gasteiger charge is 2.24. The summed E-state index contributed by atoms with van der Waals surface area (Å²) in [5.74, 6) is 1.33. The third-order valence-electron chi connectivity index (χ3n) is 2.79. The molecular formula is C10H17N3O2. The zero-order valence-electron chi connectivity index (χ0n) is 8.94. The molecule has 0 aliphatic heterocycles. The standard InChI is InChI=1S/C10H17N3O2/c1-7-12-10(15-13-7)5-6-11-8-3-2-4-9(8)14/h8-9,11,14H,2-6H2,1H3/t8-,9-/m1/s1. The van der Waals surface area contributed by atoms with E-state index < -0.39 is 0 Å². The molecule has 84 valence electrons. The Bertz CT molecular complexity index is 313. The second-order valence-electron chi connectivity index (χ2n) is 4.04. The number of aromatic nitrogens is 2. The van der Waals surface area contributed by atoms with Crippen molar-refractivity contribution >= 4 is 0 Å². The molecule has 0 radical (unpaired) electrons. The highest BCUT2D eigenvalue weighted by atomic mass is 16.5. The number of nitrogens with one attached hydrogen (secondary N) is 1. The fourth-order valence-corrected chi connectivity index (χ4v) is 1.98. The first-order valence-corrected chi connectivity index (χ1v) is 5.46. The Morgan fingerprint density at radius 2 is 2.40 bits per heavy atom. The van der Waals surface area contributed by atoms with E-state index in [2.05, 4.69) is 15.5 Å². The number of rotatable bonds is 4. The van der Waals surface area contributed by atoms with E-state index in [0.29, 0.717) is 11.7 Å². The van der Waals surface area contributed by atoms with Crippen LogP contribution in [-0.4, -0.2) is 33.9 Å². The molecule has 5 nitrogen and oxygen atoms in total. The maximum absolute atomic E-state index is 9.58. The number of nitrogens with zero attached hydrogens (tertiary/aromatic N) is 2. The van der Waals surface area contributed by atoms with Crippen LogP contribution >= 0.6 is 0 Å². The van der Waals surface area contributed by atoms with Gasteiger partial charge in [-0.05, 0) is 26.2 Å². The second kappa shape index (κ2) is 4.72. The number of aliphatic hydroxyl groups is 1. The predicted molar refractivity (Wildman–Crippen MR) is 54.4 cm³/mol. The minimum atomic E-state index is -0.186. The van der Waals surface area contributed by atoms with E-state index in [1.165, 1.54) is 0 Å². The van der Waals surface area contributed by atoms with E-state index >= 15 is 0 Å². The Kier molecular flexibility index (Phi) is 3.33. The number of aryl methyl sites for hydroxylation is 1. The molecule has 2 rings (SSSR count). The maximum Gasteiger partial charge on any atom is 0.227 e. The van der Waals surface area contributed by atoms with Gasteiger partial charge in [0.15, 0.2) is 5.82 Å².